The van der Waals surface area contributed by atoms with Gasteiger partial charge in [0.15, 0.2) is 6.10 Å². The van der Waals surface area contributed by atoms with E-state index in [2.05, 4.69) is 0 Å². The Labute approximate surface area is 163 Å². The Kier molecular flexibility index (Phi) is 5.63. The number of rotatable bonds is 5. The highest BCUT2D eigenvalue weighted by Crippen LogP contribution is 2.37. The molecular weight excluding hydrogens is 389 g/mol. The third kappa shape index (κ3) is 4.26. The standard InChI is InChI=1S/C21H17F3O5/c1-3-27-20(26)12(2)28-14-9-10-15-16(11-14)29-19(21(22,23)24)17(18(15)25)13-7-5-4-6-8-13/h4-12H,3H2,1-2H3/t12-/m0/s1. The topological polar surface area (TPSA) is 65.7 Å². The second-order valence-electron chi connectivity index (χ2n) is 6.17. The Bertz CT molecular complexity index is 1090. The van der Waals surface area contributed by atoms with Gasteiger partial charge in [0.05, 0.1) is 17.6 Å². The van der Waals surface area contributed by atoms with Gasteiger partial charge in [0, 0.05) is 6.07 Å². The van der Waals surface area contributed by atoms with Gasteiger partial charge in [0.1, 0.15) is 11.3 Å². The smallest absolute Gasteiger partial charge is 0.450 e. The minimum absolute atomic E-state index is 0.0343. The maximum Gasteiger partial charge on any atom is 0.450 e. The van der Waals surface area contributed by atoms with Crippen molar-refractivity contribution >= 4 is 16.9 Å². The monoisotopic (exact) mass is 406 g/mol. The number of carbonyl (C=O) groups is 1. The van der Waals surface area contributed by atoms with Crippen LogP contribution in [-0.4, -0.2) is 18.7 Å². The van der Waals surface area contributed by atoms with E-state index in [-0.39, 0.29) is 28.9 Å². The van der Waals surface area contributed by atoms with Crippen molar-refractivity contribution in [1.82, 2.24) is 0 Å². The van der Waals surface area contributed by atoms with Crippen LogP contribution in [0.25, 0.3) is 22.1 Å². The second kappa shape index (κ2) is 7.98. The number of benzene rings is 2. The van der Waals surface area contributed by atoms with E-state index < -0.39 is 35.0 Å². The van der Waals surface area contributed by atoms with Crippen LogP contribution in [0.15, 0.2) is 57.7 Å². The van der Waals surface area contributed by atoms with Crippen molar-refractivity contribution in [2.45, 2.75) is 26.1 Å². The van der Waals surface area contributed by atoms with Crippen LogP contribution in [0.2, 0.25) is 0 Å². The van der Waals surface area contributed by atoms with Crippen LogP contribution in [0.5, 0.6) is 5.75 Å². The lowest BCUT2D eigenvalue weighted by Crippen LogP contribution is -2.26. The summed E-state index contributed by atoms with van der Waals surface area (Å²) in [5, 5.41) is -0.0343. The van der Waals surface area contributed by atoms with Gasteiger partial charge >= 0.3 is 12.1 Å². The van der Waals surface area contributed by atoms with Gasteiger partial charge in [-0.3, -0.25) is 4.79 Å². The summed E-state index contributed by atoms with van der Waals surface area (Å²) in [6, 6.07) is 11.4. The fourth-order valence-electron chi connectivity index (χ4n) is 2.83. The molecule has 1 heterocycles. The maximum absolute atomic E-state index is 13.6. The van der Waals surface area contributed by atoms with Gasteiger partial charge in [0.25, 0.3) is 0 Å². The summed E-state index contributed by atoms with van der Waals surface area (Å²) in [4.78, 5) is 24.5. The molecule has 0 saturated heterocycles. The quantitative estimate of drug-likeness (QED) is 0.569. The van der Waals surface area contributed by atoms with Crippen molar-refractivity contribution in [2.75, 3.05) is 6.61 Å². The van der Waals surface area contributed by atoms with Crippen molar-refractivity contribution in [1.29, 1.82) is 0 Å². The Morgan fingerprint density at radius 1 is 1.14 bits per heavy atom. The minimum atomic E-state index is -4.88. The zero-order chi connectivity index (χ0) is 21.2. The molecule has 5 nitrogen and oxygen atoms in total. The zero-order valence-electron chi connectivity index (χ0n) is 15.6. The van der Waals surface area contributed by atoms with Gasteiger partial charge in [-0.15, -0.1) is 0 Å². The van der Waals surface area contributed by atoms with Gasteiger partial charge in [-0.1, -0.05) is 30.3 Å². The van der Waals surface area contributed by atoms with Crippen LogP contribution in [0.4, 0.5) is 13.2 Å². The molecule has 0 aliphatic rings. The van der Waals surface area contributed by atoms with E-state index in [1.807, 2.05) is 0 Å². The lowest BCUT2D eigenvalue weighted by Gasteiger charge is -2.15. The first-order valence-electron chi connectivity index (χ1n) is 8.79. The van der Waals surface area contributed by atoms with E-state index in [0.717, 1.165) is 6.07 Å². The third-order valence-corrected chi connectivity index (χ3v) is 4.12. The van der Waals surface area contributed by atoms with E-state index >= 15 is 0 Å². The van der Waals surface area contributed by atoms with Crippen LogP contribution in [-0.2, 0) is 15.7 Å². The zero-order valence-corrected chi connectivity index (χ0v) is 15.6. The van der Waals surface area contributed by atoms with Gasteiger partial charge in [0.2, 0.25) is 11.2 Å². The summed E-state index contributed by atoms with van der Waals surface area (Å²) in [7, 11) is 0. The summed E-state index contributed by atoms with van der Waals surface area (Å²) in [6.45, 7) is 3.24. The first-order valence-corrected chi connectivity index (χ1v) is 8.79. The molecular formula is C21H17F3O5. The number of hydrogen-bond acceptors (Lipinski definition) is 5. The number of alkyl halides is 3. The number of esters is 1. The molecule has 0 saturated carbocycles. The fourth-order valence-corrected chi connectivity index (χ4v) is 2.83. The predicted molar refractivity (Wildman–Crippen MR) is 99.6 cm³/mol. The summed E-state index contributed by atoms with van der Waals surface area (Å²) >= 11 is 0. The Morgan fingerprint density at radius 2 is 1.83 bits per heavy atom. The largest absolute Gasteiger partial charge is 0.479 e. The summed E-state index contributed by atoms with van der Waals surface area (Å²) in [6.07, 6.45) is -5.86. The van der Waals surface area contributed by atoms with Crippen LogP contribution in [0.3, 0.4) is 0 Å². The Balaban J connectivity index is 2.13. The van der Waals surface area contributed by atoms with Crippen molar-refractivity contribution in [3.05, 3.63) is 64.5 Å². The molecule has 0 bridgehead atoms. The molecule has 0 aliphatic heterocycles. The normalized spacial score (nSPS) is 12.6. The van der Waals surface area contributed by atoms with Crippen LogP contribution >= 0.6 is 0 Å². The predicted octanol–water partition coefficient (Wildman–Crippen LogP) is 4.81. The molecule has 0 spiro atoms. The minimum Gasteiger partial charge on any atom is -0.479 e. The van der Waals surface area contributed by atoms with Crippen molar-refractivity contribution in [2.24, 2.45) is 0 Å². The summed E-state index contributed by atoms with van der Waals surface area (Å²) < 4.78 is 56.2. The molecule has 3 rings (SSSR count). The molecule has 0 radical (unpaired) electrons. The Morgan fingerprint density at radius 3 is 2.45 bits per heavy atom. The SMILES string of the molecule is CCOC(=O)[C@H](C)Oc1ccc2c(=O)c(-c3ccccc3)c(C(F)(F)F)oc2c1. The van der Waals surface area contributed by atoms with Gasteiger partial charge in [-0.05, 0) is 31.5 Å². The average molecular weight is 406 g/mol. The first-order chi connectivity index (χ1) is 13.7. The summed E-state index contributed by atoms with van der Waals surface area (Å²) in [5.74, 6) is -1.94. The van der Waals surface area contributed by atoms with Crippen LogP contribution in [0.1, 0.15) is 19.6 Å². The number of carbonyl (C=O) groups excluding carboxylic acids is 1. The highest BCUT2D eigenvalue weighted by molar-refractivity contribution is 5.84. The molecule has 0 unspecified atom stereocenters. The molecule has 3 aromatic rings. The molecule has 152 valence electrons. The van der Waals surface area contributed by atoms with Gasteiger partial charge < -0.3 is 13.9 Å². The molecule has 0 amide bonds. The Hall–Kier alpha value is -3.29. The first kappa shape index (κ1) is 20.4. The van der Waals surface area contributed by atoms with Crippen LogP contribution < -0.4 is 10.2 Å². The van der Waals surface area contributed by atoms with Crippen molar-refractivity contribution < 1.29 is 31.9 Å². The number of fused-ring (bicyclic) bond motifs is 1. The number of ether oxygens (including phenoxy) is 2. The van der Waals surface area contributed by atoms with Gasteiger partial charge in [-0.25, -0.2) is 4.79 Å². The van der Waals surface area contributed by atoms with E-state index in [1.165, 1.54) is 43.3 Å². The molecule has 0 aliphatic carbocycles. The molecule has 29 heavy (non-hydrogen) atoms. The average Bonchev–Trinajstić information content (AvgIpc) is 2.67. The number of hydrogen-bond donors (Lipinski definition) is 0. The van der Waals surface area contributed by atoms with Crippen molar-refractivity contribution in [3.63, 3.8) is 0 Å². The third-order valence-electron chi connectivity index (χ3n) is 4.12. The van der Waals surface area contributed by atoms with E-state index in [4.69, 9.17) is 13.9 Å². The van der Waals surface area contributed by atoms with E-state index in [1.54, 1.807) is 13.0 Å². The maximum atomic E-state index is 13.6. The van der Waals surface area contributed by atoms with Crippen molar-refractivity contribution in [3.8, 4) is 16.9 Å². The molecule has 0 fully saturated rings. The molecule has 0 N–H and O–H groups in total. The lowest BCUT2D eigenvalue weighted by atomic mass is 10.0. The molecule has 1 aromatic heterocycles. The highest BCUT2D eigenvalue weighted by atomic mass is 19.4. The van der Waals surface area contributed by atoms with E-state index in [9.17, 15) is 22.8 Å². The number of halogens is 3. The van der Waals surface area contributed by atoms with Gasteiger partial charge in [-0.2, -0.15) is 13.2 Å². The lowest BCUT2D eigenvalue weighted by molar-refractivity contribution is -0.152. The summed E-state index contributed by atoms with van der Waals surface area (Å²) in [5.41, 5.74) is -1.56. The molecule has 2 aromatic carbocycles. The highest BCUT2D eigenvalue weighted by Gasteiger charge is 2.39. The van der Waals surface area contributed by atoms with Crippen LogP contribution in [0, 0.1) is 0 Å². The van der Waals surface area contributed by atoms with E-state index in [0.29, 0.717) is 0 Å². The molecule has 8 heteroatoms. The second-order valence-corrected chi connectivity index (χ2v) is 6.17. The fraction of sp³-hybridized carbons (Fsp3) is 0.238. The molecule has 1 atom stereocenters.